The molecule has 146 valence electrons. The van der Waals surface area contributed by atoms with E-state index in [4.69, 9.17) is 4.74 Å². The molecule has 2 aromatic heterocycles. The molecule has 1 aromatic carbocycles. The molecule has 1 atom stereocenters. The minimum atomic E-state index is -0.348. The van der Waals surface area contributed by atoms with Gasteiger partial charge in [0.25, 0.3) is 5.56 Å². The summed E-state index contributed by atoms with van der Waals surface area (Å²) in [5.74, 6) is 0.302. The molecule has 1 aliphatic carbocycles. The molecule has 3 aromatic rings. The van der Waals surface area contributed by atoms with Crippen LogP contribution in [0.5, 0.6) is 0 Å². The zero-order chi connectivity index (χ0) is 19.8. The van der Waals surface area contributed by atoms with Gasteiger partial charge < -0.3 is 4.74 Å². The van der Waals surface area contributed by atoms with Crippen molar-refractivity contribution in [3.05, 3.63) is 56.2 Å². The van der Waals surface area contributed by atoms with Crippen LogP contribution in [0.4, 0.5) is 0 Å². The molecule has 0 amide bonds. The zero-order valence-electron chi connectivity index (χ0n) is 16.3. The van der Waals surface area contributed by atoms with Crippen LogP contribution in [0, 0.1) is 5.92 Å². The first-order chi connectivity index (χ1) is 13.4. The molecule has 28 heavy (non-hydrogen) atoms. The average molecular weight is 398 g/mol. The third-order valence-electron chi connectivity index (χ3n) is 5.05. The van der Waals surface area contributed by atoms with E-state index in [1.165, 1.54) is 15.1 Å². The molecular formula is C21H23N3O3S. The summed E-state index contributed by atoms with van der Waals surface area (Å²) in [5, 5.41) is 9.17. The van der Waals surface area contributed by atoms with Gasteiger partial charge in [-0.05, 0) is 62.3 Å². The van der Waals surface area contributed by atoms with Crippen LogP contribution in [0.15, 0.2) is 29.1 Å². The maximum absolute atomic E-state index is 13.0. The molecule has 0 saturated heterocycles. The quantitative estimate of drug-likeness (QED) is 0.629. The Kier molecular flexibility index (Phi) is 5.02. The number of ether oxygens (including phenoxy) is 1. The van der Waals surface area contributed by atoms with Crippen LogP contribution < -0.4 is 5.56 Å². The van der Waals surface area contributed by atoms with E-state index in [1.54, 1.807) is 23.5 Å². The van der Waals surface area contributed by atoms with Crippen molar-refractivity contribution in [2.24, 2.45) is 5.92 Å². The smallest absolute Gasteiger partial charge is 0.338 e. The molecule has 4 rings (SSSR count). The van der Waals surface area contributed by atoms with E-state index < -0.39 is 0 Å². The van der Waals surface area contributed by atoms with Crippen molar-refractivity contribution < 1.29 is 9.53 Å². The zero-order valence-corrected chi connectivity index (χ0v) is 17.1. The van der Waals surface area contributed by atoms with Crippen LogP contribution in [0.25, 0.3) is 10.2 Å². The van der Waals surface area contributed by atoms with Crippen LogP contribution in [0.3, 0.4) is 0 Å². The normalized spacial score (nSPS) is 16.4. The highest BCUT2D eigenvalue weighted by Crippen LogP contribution is 2.35. The van der Waals surface area contributed by atoms with Crippen molar-refractivity contribution in [2.75, 3.05) is 0 Å². The van der Waals surface area contributed by atoms with Crippen molar-refractivity contribution in [3.63, 3.8) is 0 Å². The van der Waals surface area contributed by atoms with Crippen molar-refractivity contribution in [3.8, 4) is 0 Å². The summed E-state index contributed by atoms with van der Waals surface area (Å²) in [5.41, 5.74) is 2.46. The van der Waals surface area contributed by atoms with Crippen molar-refractivity contribution in [1.29, 1.82) is 0 Å². The third-order valence-corrected chi connectivity index (χ3v) is 6.19. The molecule has 0 radical (unpaired) electrons. The van der Waals surface area contributed by atoms with Gasteiger partial charge in [0, 0.05) is 4.88 Å². The Labute approximate surface area is 167 Å². The number of aromatic nitrogens is 3. The molecule has 0 spiro atoms. The third kappa shape index (κ3) is 3.58. The van der Waals surface area contributed by atoms with E-state index in [0.29, 0.717) is 18.0 Å². The molecule has 2 heterocycles. The van der Waals surface area contributed by atoms with Crippen LogP contribution in [-0.4, -0.2) is 27.1 Å². The average Bonchev–Trinajstić information content (AvgIpc) is 3.02. The summed E-state index contributed by atoms with van der Waals surface area (Å²) in [6.07, 6.45) is 2.90. The predicted molar refractivity (Wildman–Crippen MR) is 109 cm³/mol. The molecule has 0 saturated carbocycles. The minimum absolute atomic E-state index is 0.0830. The number of benzene rings is 1. The lowest BCUT2D eigenvalue weighted by atomic mass is 9.89. The first kappa shape index (κ1) is 18.8. The summed E-state index contributed by atoms with van der Waals surface area (Å²) in [4.78, 5) is 27.0. The Morgan fingerprint density at radius 3 is 2.79 bits per heavy atom. The van der Waals surface area contributed by atoms with Gasteiger partial charge in [-0.2, -0.15) is 0 Å². The van der Waals surface area contributed by atoms with E-state index in [2.05, 4.69) is 17.2 Å². The standard InChI is InChI=1S/C21H23N3O3S/c1-12(2)27-21(26)15-7-5-14(6-8-15)11-24-20(25)18-16-9-4-13(3)10-17(16)28-19(18)22-23-24/h5-8,12-13H,4,9-11H2,1-3H3. The number of esters is 1. The van der Waals surface area contributed by atoms with Crippen LogP contribution in [0.1, 0.15) is 53.6 Å². The van der Waals surface area contributed by atoms with Crippen LogP contribution >= 0.6 is 11.3 Å². The number of rotatable bonds is 4. The van der Waals surface area contributed by atoms with Gasteiger partial charge >= 0.3 is 5.97 Å². The van der Waals surface area contributed by atoms with Gasteiger partial charge in [-0.1, -0.05) is 24.3 Å². The maximum Gasteiger partial charge on any atom is 0.338 e. The van der Waals surface area contributed by atoms with Gasteiger partial charge in [0.05, 0.1) is 23.6 Å². The number of carbonyl (C=O) groups excluding carboxylic acids is 1. The Balaban J connectivity index is 1.61. The fourth-order valence-corrected chi connectivity index (χ4v) is 4.91. The lowest BCUT2D eigenvalue weighted by Crippen LogP contribution is -2.25. The minimum Gasteiger partial charge on any atom is -0.459 e. The Bertz CT molecular complexity index is 1080. The first-order valence-corrected chi connectivity index (χ1v) is 10.4. The molecule has 0 N–H and O–H groups in total. The van der Waals surface area contributed by atoms with Gasteiger partial charge in [-0.25, -0.2) is 9.48 Å². The monoisotopic (exact) mass is 397 g/mol. The molecule has 0 aliphatic heterocycles. The van der Waals surface area contributed by atoms with Crippen molar-refractivity contribution in [1.82, 2.24) is 15.0 Å². The molecule has 6 nitrogen and oxygen atoms in total. The van der Waals surface area contributed by atoms with E-state index in [-0.39, 0.29) is 17.6 Å². The molecule has 0 bridgehead atoms. The maximum atomic E-state index is 13.0. The SMILES string of the molecule is CC1CCc2c(sc3nnn(Cc4ccc(C(=O)OC(C)C)cc4)c(=O)c23)C1. The van der Waals surface area contributed by atoms with Gasteiger partial charge in [-0.15, -0.1) is 16.4 Å². The molecule has 1 unspecified atom stereocenters. The highest BCUT2D eigenvalue weighted by Gasteiger charge is 2.23. The van der Waals surface area contributed by atoms with E-state index in [0.717, 1.165) is 35.0 Å². The second-order valence-corrected chi connectivity index (χ2v) is 8.82. The largest absolute Gasteiger partial charge is 0.459 e. The number of carbonyl (C=O) groups is 1. The molecular weight excluding hydrogens is 374 g/mol. The summed E-state index contributed by atoms with van der Waals surface area (Å²) in [6, 6.07) is 7.07. The van der Waals surface area contributed by atoms with Crippen molar-refractivity contribution >= 4 is 27.5 Å². The Morgan fingerprint density at radius 2 is 2.07 bits per heavy atom. The van der Waals surface area contributed by atoms with Gasteiger partial charge in [0.1, 0.15) is 0 Å². The number of fused-ring (bicyclic) bond motifs is 3. The van der Waals surface area contributed by atoms with Gasteiger partial charge in [0.2, 0.25) is 0 Å². The molecule has 1 aliphatic rings. The second-order valence-electron chi connectivity index (χ2n) is 7.74. The molecule has 7 heteroatoms. The predicted octanol–water partition coefficient (Wildman–Crippen LogP) is 3.59. The second kappa shape index (κ2) is 7.47. The van der Waals surface area contributed by atoms with Crippen LogP contribution in [0.2, 0.25) is 0 Å². The summed E-state index contributed by atoms with van der Waals surface area (Å²) in [6.45, 7) is 6.20. The number of hydrogen-bond donors (Lipinski definition) is 0. The Morgan fingerprint density at radius 1 is 1.32 bits per heavy atom. The number of thiophene rings is 1. The number of aryl methyl sites for hydroxylation is 1. The fraction of sp³-hybridized carbons (Fsp3) is 0.429. The highest BCUT2D eigenvalue weighted by atomic mass is 32.1. The summed E-state index contributed by atoms with van der Waals surface area (Å²) in [7, 11) is 0. The summed E-state index contributed by atoms with van der Waals surface area (Å²) >= 11 is 1.60. The number of hydrogen-bond acceptors (Lipinski definition) is 6. The van der Waals surface area contributed by atoms with E-state index in [1.807, 2.05) is 26.0 Å². The first-order valence-electron chi connectivity index (χ1n) is 9.60. The molecule has 0 fully saturated rings. The number of nitrogens with zero attached hydrogens (tertiary/aromatic N) is 3. The van der Waals surface area contributed by atoms with E-state index >= 15 is 0 Å². The highest BCUT2D eigenvalue weighted by molar-refractivity contribution is 7.18. The topological polar surface area (TPSA) is 74.1 Å². The lowest BCUT2D eigenvalue weighted by Gasteiger charge is -2.17. The van der Waals surface area contributed by atoms with Gasteiger partial charge in [0.15, 0.2) is 4.83 Å². The van der Waals surface area contributed by atoms with Crippen molar-refractivity contribution in [2.45, 2.75) is 52.7 Å². The summed E-state index contributed by atoms with van der Waals surface area (Å²) < 4.78 is 6.61. The lowest BCUT2D eigenvalue weighted by molar-refractivity contribution is 0.0378. The van der Waals surface area contributed by atoms with Crippen LogP contribution in [-0.2, 0) is 24.1 Å². The fourth-order valence-electron chi connectivity index (χ4n) is 3.60. The Hall–Kier alpha value is -2.54. The van der Waals surface area contributed by atoms with E-state index in [9.17, 15) is 9.59 Å². The van der Waals surface area contributed by atoms with Gasteiger partial charge in [-0.3, -0.25) is 4.79 Å².